The summed E-state index contributed by atoms with van der Waals surface area (Å²) in [6, 6.07) is 4.53. The van der Waals surface area contributed by atoms with E-state index in [0.717, 1.165) is 12.8 Å². The molecule has 5 nitrogen and oxygen atoms in total. The highest BCUT2D eigenvalue weighted by Gasteiger charge is 2.12. The van der Waals surface area contributed by atoms with Gasteiger partial charge in [0.2, 0.25) is 0 Å². The summed E-state index contributed by atoms with van der Waals surface area (Å²) < 4.78 is 5.01. The Morgan fingerprint density at radius 3 is 2.84 bits per heavy atom. The van der Waals surface area contributed by atoms with Crippen LogP contribution in [-0.4, -0.2) is 36.4 Å². The molecule has 3 N–H and O–H groups in total. The molecule has 0 aliphatic heterocycles. The van der Waals surface area contributed by atoms with Crippen molar-refractivity contribution < 1.29 is 19.7 Å². The Balaban J connectivity index is 2.49. The Hall–Kier alpha value is -1.75. The number of phenolic OH excluding ortho intramolecular Hbond substituents is 1. The first-order valence-corrected chi connectivity index (χ1v) is 6.34. The first kappa shape index (κ1) is 15.3. The molecule has 1 rings (SSSR count). The van der Waals surface area contributed by atoms with Gasteiger partial charge in [-0.1, -0.05) is 6.92 Å². The van der Waals surface area contributed by atoms with E-state index in [1.54, 1.807) is 6.07 Å². The molecule has 0 aliphatic rings. The van der Waals surface area contributed by atoms with E-state index in [-0.39, 0.29) is 29.7 Å². The van der Waals surface area contributed by atoms with Crippen molar-refractivity contribution in [1.82, 2.24) is 5.32 Å². The number of carbonyl (C=O) groups is 1. The Morgan fingerprint density at radius 2 is 2.21 bits per heavy atom. The van der Waals surface area contributed by atoms with Crippen LogP contribution in [0.5, 0.6) is 11.5 Å². The molecule has 1 aromatic rings. The summed E-state index contributed by atoms with van der Waals surface area (Å²) in [5.74, 6) is 0.369. The second kappa shape index (κ2) is 7.63. The summed E-state index contributed by atoms with van der Waals surface area (Å²) in [4.78, 5) is 11.9. The third-order valence-electron chi connectivity index (χ3n) is 2.92. The Kier molecular flexibility index (Phi) is 6.15. The molecule has 19 heavy (non-hydrogen) atoms. The van der Waals surface area contributed by atoms with E-state index in [1.807, 2.05) is 6.92 Å². The number of carbonyl (C=O) groups excluding carboxylic acids is 1. The molecule has 1 atom stereocenters. The number of methoxy groups -OCH3 is 1. The maximum atomic E-state index is 11.9. The van der Waals surface area contributed by atoms with Gasteiger partial charge in [0.1, 0.15) is 11.5 Å². The number of hydrogen-bond donors (Lipinski definition) is 3. The van der Waals surface area contributed by atoms with Gasteiger partial charge in [-0.15, -0.1) is 0 Å². The molecule has 0 saturated carbocycles. The Morgan fingerprint density at radius 1 is 1.47 bits per heavy atom. The summed E-state index contributed by atoms with van der Waals surface area (Å²) in [7, 11) is 1.50. The van der Waals surface area contributed by atoms with Gasteiger partial charge in [0.15, 0.2) is 0 Å². The maximum Gasteiger partial charge on any atom is 0.255 e. The van der Waals surface area contributed by atoms with Gasteiger partial charge in [0.25, 0.3) is 5.91 Å². The molecule has 106 valence electrons. The third-order valence-corrected chi connectivity index (χ3v) is 2.92. The van der Waals surface area contributed by atoms with Crippen molar-refractivity contribution in [2.75, 3.05) is 20.3 Å². The monoisotopic (exact) mass is 267 g/mol. The molecule has 5 heteroatoms. The number of nitrogens with one attached hydrogen (secondary N) is 1. The van der Waals surface area contributed by atoms with Crippen molar-refractivity contribution in [3.8, 4) is 11.5 Å². The molecule has 0 aliphatic carbocycles. The fourth-order valence-corrected chi connectivity index (χ4v) is 1.66. The molecule has 0 bridgehead atoms. The van der Waals surface area contributed by atoms with Crippen LogP contribution in [0, 0.1) is 5.92 Å². The molecule has 0 aromatic heterocycles. The van der Waals surface area contributed by atoms with Crippen LogP contribution in [-0.2, 0) is 0 Å². The van der Waals surface area contributed by atoms with Gasteiger partial charge in [-0.3, -0.25) is 4.79 Å². The lowest BCUT2D eigenvalue weighted by Crippen LogP contribution is -2.25. The maximum absolute atomic E-state index is 11.9. The molecule has 0 heterocycles. The number of aromatic hydroxyl groups is 1. The van der Waals surface area contributed by atoms with Gasteiger partial charge in [-0.05, 0) is 37.0 Å². The van der Waals surface area contributed by atoms with Gasteiger partial charge in [0.05, 0.1) is 12.7 Å². The second-order valence-electron chi connectivity index (χ2n) is 4.57. The molecule has 1 aromatic carbocycles. The largest absolute Gasteiger partial charge is 0.507 e. The predicted octanol–water partition coefficient (Wildman–Crippen LogP) is 1.54. The number of phenols is 1. The number of aliphatic hydroxyl groups excluding tert-OH is 1. The fourth-order valence-electron chi connectivity index (χ4n) is 1.66. The first-order valence-electron chi connectivity index (χ1n) is 6.34. The van der Waals surface area contributed by atoms with Gasteiger partial charge in [-0.2, -0.15) is 0 Å². The molecule has 0 spiro atoms. The molecular formula is C14H21NO4. The van der Waals surface area contributed by atoms with E-state index >= 15 is 0 Å². The van der Waals surface area contributed by atoms with Crippen LogP contribution in [0.1, 0.15) is 30.1 Å². The van der Waals surface area contributed by atoms with E-state index in [0.29, 0.717) is 12.3 Å². The summed E-state index contributed by atoms with van der Waals surface area (Å²) in [5.41, 5.74) is 0.203. The predicted molar refractivity (Wildman–Crippen MR) is 72.5 cm³/mol. The lowest BCUT2D eigenvalue weighted by Gasteiger charge is -2.10. The SMILES string of the molecule is COc1ccc(O)c(C(=O)NCCCC(C)CO)c1. The molecule has 0 saturated heterocycles. The van der Waals surface area contributed by atoms with Crippen molar-refractivity contribution in [3.63, 3.8) is 0 Å². The number of ether oxygens (including phenoxy) is 1. The van der Waals surface area contributed by atoms with E-state index < -0.39 is 0 Å². The highest BCUT2D eigenvalue weighted by Crippen LogP contribution is 2.22. The van der Waals surface area contributed by atoms with Crippen LogP contribution in [0.25, 0.3) is 0 Å². The third kappa shape index (κ3) is 4.79. The van der Waals surface area contributed by atoms with Crippen molar-refractivity contribution >= 4 is 5.91 Å². The minimum absolute atomic E-state index is 0.0676. The van der Waals surface area contributed by atoms with E-state index in [2.05, 4.69) is 5.32 Å². The van der Waals surface area contributed by atoms with Crippen molar-refractivity contribution in [2.45, 2.75) is 19.8 Å². The summed E-state index contributed by atoms with van der Waals surface area (Å²) in [6.45, 7) is 2.63. The highest BCUT2D eigenvalue weighted by atomic mass is 16.5. The van der Waals surface area contributed by atoms with Gasteiger partial charge >= 0.3 is 0 Å². The standard InChI is InChI=1S/C14H21NO4/c1-10(9-16)4-3-7-15-14(18)12-8-11(19-2)5-6-13(12)17/h5-6,8,10,16-17H,3-4,7,9H2,1-2H3,(H,15,18). The normalized spacial score (nSPS) is 11.9. The van der Waals surface area contributed by atoms with Crippen LogP contribution < -0.4 is 10.1 Å². The minimum Gasteiger partial charge on any atom is -0.507 e. The zero-order chi connectivity index (χ0) is 14.3. The summed E-state index contributed by atoms with van der Waals surface area (Å²) in [6.07, 6.45) is 1.64. The zero-order valence-corrected chi connectivity index (χ0v) is 11.3. The molecule has 1 unspecified atom stereocenters. The van der Waals surface area contributed by atoms with Gasteiger partial charge < -0.3 is 20.3 Å². The smallest absolute Gasteiger partial charge is 0.255 e. The number of hydrogen-bond acceptors (Lipinski definition) is 4. The summed E-state index contributed by atoms with van der Waals surface area (Å²) >= 11 is 0. The van der Waals surface area contributed by atoms with Gasteiger partial charge in [-0.25, -0.2) is 0 Å². The molecule has 1 amide bonds. The lowest BCUT2D eigenvalue weighted by molar-refractivity contribution is 0.0949. The van der Waals surface area contributed by atoms with E-state index in [4.69, 9.17) is 9.84 Å². The quantitative estimate of drug-likeness (QED) is 0.655. The van der Waals surface area contributed by atoms with Crippen LogP contribution in [0.2, 0.25) is 0 Å². The number of aliphatic hydroxyl groups is 1. The van der Waals surface area contributed by atoms with E-state index in [9.17, 15) is 9.90 Å². The molecular weight excluding hydrogens is 246 g/mol. The molecule has 0 fully saturated rings. The van der Waals surface area contributed by atoms with Gasteiger partial charge in [0, 0.05) is 13.2 Å². The molecule has 0 radical (unpaired) electrons. The first-order chi connectivity index (χ1) is 9.08. The number of rotatable bonds is 7. The average Bonchev–Trinajstić information content (AvgIpc) is 2.43. The van der Waals surface area contributed by atoms with Crippen LogP contribution in [0.15, 0.2) is 18.2 Å². The summed E-state index contributed by atoms with van der Waals surface area (Å²) in [5, 5.41) is 21.2. The van der Waals surface area contributed by atoms with Crippen LogP contribution in [0.3, 0.4) is 0 Å². The number of benzene rings is 1. The number of amides is 1. The topological polar surface area (TPSA) is 78.8 Å². The van der Waals surface area contributed by atoms with Crippen LogP contribution >= 0.6 is 0 Å². The van der Waals surface area contributed by atoms with Crippen molar-refractivity contribution in [1.29, 1.82) is 0 Å². The fraction of sp³-hybridized carbons (Fsp3) is 0.500. The van der Waals surface area contributed by atoms with Crippen molar-refractivity contribution in [2.24, 2.45) is 5.92 Å². The van der Waals surface area contributed by atoms with Crippen molar-refractivity contribution in [3.05, 3.63) is 23.8 Å². The average molecular weight is 267 g/mol. The minimum atomic E-state index is -0.326. The highest BCUT2D eigenvalue weighted by molar-refractivity contribution is 5.97. The van der Waals surface area contributed by atoms with Crippen LogP contribution in [0.4, 0.5) is 0 Å². The lowest BCUT2D eigenvalue weighted by atomic mass is 10.1. The Labute approximate surface area is 113 Å². The zero-order valence-electron chi connectivity index (χ0n) is 11.3. The second-order valence-corrected chi connectivity index (χ2v) is 4.57. The van der Waals surface area contributed by atoms with E-state index in [1.165, 1.54) is 19.2 Å². The Bertz CT molecular complexity index is 420.